The Labute approximate surface area is 137 Å². The molecule has 0 aliphatic carbocycles. The summed E-state index contributed by atoms with van der Waals surface area (Å²) < 4.78 is 7.42. The van der Waals surface area contributed by atoms with Crippen molar-refractivity contribution in [1.29, 1.82) is 0 Å². The quantitative estimate of drug-likeness (QED) is 0.817. The van der Waals surface area contributed by atoms with Crippen molar-refractivity contribution in [2.45, 2.75) is 45.9 Å². The van der Waals surface area contributed by atoms with Gasteiger partial charge >= 0.3 is 0 Å². The first-order chi connectivity index (χ1) is 10.6. The lowest BCUT2D eigenvalue weighted by atomic mass is 10.2. The van der Waals surface area contributed by atoms with E-state index in [0.29, 0.717) is 13.1 Å². The molecular formula is C16H28N4O3. The first kappa shape index (κ1) is 19.5. The molecule has 2 aromatic heterocycles. The number of nitrogens with zero attached hydrogens (tertiary/aromatic N) is 4. The van der Waals surface area contributed by atoms with Crippen molar-refractivity contribution in [1.82, 2.24) is 19.6 Å². The minimum Gasteiger partial charge on any atom is -0.391 e. The zero-order chi connectivity index (χ0) is 17.6. The van der Waals surface area contributed by atoms with Gasteiger partial charge in [-0.15, -0.1) is 0 Å². The Hall–Kier alpha value is -1.54. The summed E-state index contributed by atoms with van der Waals surface area (Å²) in [6.45, 7) is 8.25. The molecule has 0 radical (unpaired) electrons. The molecular weight excluding hydrogens is 296 g/mol. The Kier molecular flexibility index (Phi) is 7.08. The van der Waals surface area contributed by atoms with Gasteiger partial charge < -0.3 is 19.6 Å². The summed E-state index contributed by atoms with van der Waals surface area (Å²) in [4.78, 5) is 8.62. The predicted octanol–water partition coefficient (Wildman–Crippen LogP) is 1.85. The maximum atomic E-state index is 9.28. The molecule has 0 saturated carbocycles. The molecule has 130 valence electrons. The second-order valence-corrected chi connectivity index (χ2v) is 6.48. The van der Waals surface area contributed by atoms with Crippen molar-refractivity contribution in [3.8, 4) is 0 Å². The van der Waals surface area contributed by atoms with E-state index in [-0.39, 0.29) is 6.10 Å². The van der Waals surface area contributed by atoms with E-state index in [1.54, 1.807) is 41.1 Å². The molecule has 0 saturated heterocycles. The number of fused-ring (bicyclic) bond motifs is 1. The summed E-state index contributed by atoms with van der Waals surface area (Å²) in [6, 6.07) is 3.87. The highest BCUT2D eigenvalue weighted by molar-refractivity contribution is 5.71. The van der Waals surface area contributed by atoms with E-state index < -0.39 is 5.60 Å². The van der Waals surface area contributed by atoms with E-state index >= 15 is 0 Å². The van der Waals surface area contributed by atoms with Crippen LogP contribution in [0, 0.1) is 6.92 Å². The van der Waals surface area contributed by atoms with Crippen LogP contribution in [0.3, 0.4) is 0 Å². The van der Waals surface area contributed by atoms with Crippen molar-refractivity contribution in [2.24, 2.45) is 0 Å². The highest BCUT2D eigenvalue weighted by Crippen LogP contribution is 2.14. The topological polar surface area (TPSA) is 83.6 Å². The third-order valence-corrected chi connectivity index (χ3v) is 2.90. The smallest absolute Gasteiger partial charge is 0.177 e. The van der Waals surface area contributed by atoms with Crippen LogP contribution in [-0.4, -0.2) is 62.3 Å². The predicted molar refractivity (Wildman–Crippen MR) is 89.5 cm³/mol. The van der Waals surface area contributed by atoms with Crippen molar-refractivity contribution in [2.75, 3.05) is 20.7 Å². The molecule has 7 heteroatoms. The number of rotatable bonds is 5. The van der Waals surface area contributed by atoms with Gasteiger partial charge in [0.2, 0.25) is 0 Å². The van der Waals surface area contributed by atoms with Gasteiger partial charge in [0.05, 0.1) is 30.3 Å². The number of imidazole rings is 1. The number of pyridine rings is 1. The zero-order valence-corrected chi connectivity index (χ0v) is 14.8. The molecule has 2 rings (SSSR count). The molecule has 2 heterocycles. The SMILES string of the molecule is CC(C)(C)O.CO[C@@H](CN(C)O)Cn1c(C)nc2ncccc21. The fourth-order valence-electron chi connectivity index (χ4n) is 2.01. The lowest BCUT2D eigenvalue weighted by Gasteiger charge is -2.20. The summed E-state index contributed by atoms with van der Waals surface area (Å²) in [6.07, 6.45) is 1.63. The highest BCUT2D eigenvalue weighted by Gasteiger charge is 2.15. The number of hydroxylamine groups is 2. The summed E-state index contributed by atoms with van der Waals surface area (Å²) >= 11 is 0. The number of hydrogen-bond acceptors (Lipinski definition) is 6. The van der Waals surface area contributed by atoms with Crippen LogP contribution >= 0.6 is 0 Å². The van der Waals surface area contributed by atoms with Gasteiger partial charge in [0.1, 0.15) is 5.82 Å². The van der Waals surface area contributed by atoms with Crippen molar-refractivity contribution >= 4 is 11.2 Å². The van der Waals surface area contributed by atoms with Gasteiger partial charge in [0, 0.05) is 20.4 Å². The van der Waals surface area contributed by atoms with Crippen LogP contribution in [0.5, 0.6) is 0 Å². The van der Waals surface area contributed by atoms with Crippen LogP contribution in [0.25, 0.3) is 11.2 Å². The van der Waals surface area contributed by atoms with Crippen LogP contribution in [0.1, 0.15) is 26.6 Å². The van der Waals surface area contributed by atoms with Crippen LogP contribution in [0.15, 0.2) is 18.3 Å². The zero-order valence-electron chi connectivity index (χ0n) is 14.8. The van der Waals surface area contributed by atoms with E-state index in [1.165, 1.54) is 0 Å². The van der Waals surface area contributed by atoms with Gasteiger partial charge in [-0.2, -0.15) is 5.06 Å². The van der Waals surface area contributed by atoms with Crippen LogP contribution in [0.4, 0.5) is 0 Å². The van der Waals surface area contributed by atoms with Gasteiger partial charge in [-0.3, -0.25) is 0 Å². The van der Waals surface area contributed by atoms with Gasteiger partial charge in [0.25, 0.3) is 0 Å². The van der Waals surface area contributed by atoms with Gasteiger partial charge in [0.15, 0.2) is 5.65 Å². The molecule has 0 fully saturated rings. The van der Waals surface area contributed by atoms with Crippen molar-refractivity contribution in [3.05, 3.63) is 24.2 Å². The first-order valence-corrected chi connectivity index (χ1v) is 7.55. The molecule has 0 spiro atoms. The lowest BCUT2D eigenvalue weighted by Crippen LogP contribution is -2.31. The standard InChI is InChI=1S/C12H18N4O2.C4H10O/c1-9-14-12-11(5-4-6-13-12)16(9)8-10(18-3)7-15(2)17;1-4(2,3)5/h4-6,10,17H,7-8H2,1-3H3;5H,1-3H3/t10-;/m0./s1. The fraction of sp³-hybridized carbons (Fsp3) is 0.625. The minimum absolute atomic E-state index is 0.101. The Bertz CT molecular complexity index is 599. The Balaban J connectivity index is 0.000000463. The maximum absolute atomic E-state index is 9.28. The molecule has 0 unspecified atom stereocenters. The minimum atomic E-state index is -0.500. The van der Waals surface area contributed by atoms with Gasteiger partial charge in [-0.05, 0) is 39.8 Å². The third-order valence-electron chi connectivity index (χ3n) is 2.90. The molecule has 7 nitrogen and oxygen atoms in total. The van der Waals surface area contributed by atoms with E-state index in [0.717, 1.165) is 22.1 Å². The fourth-order valence-corrected chi connectivity index (χ4v) is 2.01. The number of aryl methyl sites for hydroxylation is 1. The Morgan fingerprint density at radius 3 is 2.52 bits per heavy atom. The Morgan fingerprint density at radius 1 is 1.39 bits per heavy atom. The second kappa shape index (κ2) is 8.35. The average Bonchev–Trinajstić information content (AvgIpc) is 2.72. The first-order valence-electron chi connectivity index (χ1n) is 7.55. The number of aliphatic hydroxyl groups is 1. The van der Waals surface area contributed by atoms with Gasteiger partial charge in [-0.1, -0.05) is 0 Å². The molecule has 2 N–H and O–H groups in total. The number of methoxy groups -OCH3 is 1. The molecule has 0 amide bonds. The number of likely N-dealkylation sites (N-methyl/N-ethyl adjacent to an activating group) is 1. The molecule has 23 heavy (non-hydrogen) atoms. The summed E-state index contributed by atoms with van der Waals surface area (Å²) in [5.41, 5.74) is 1.22. The number of aromatic nitrogens is 3. The van der Waals surface area contributed by atoms with Crippen molar-refractivity contribution < 1.29 is 15.1 Å². The van der Waals surface area contributed by atoms with Crippen LogP contribution < -0.4 is 0 Å². The third kappa shape index (κ3) is 7.04. The van der Waals surface area contributed by atoms with Crippen LogP contribution in [-0.2, 0) is 11.3 Å². The van der Waals surface area contributed by atoms with Crippen LogP contribution in [0.2, 0.25) is 0 Å². The largest absolute Gasteiger partial charge is 0.391 e. The van der Waals surface area contributed by atoms with E-state index in [2.05, 4.69) is 14.5 Å². The Morgan fingerprint density at radius 2 is 2.00 bits per heavy atom. The molecule has 0 aliphatic rings. The summed E-state index contributed by atoms with van der Waals surface area (Å²) in [5, 5.41) is 18.9. The monoisotopic (exact) mass is 324 g/mol. The molecule has 0 aromatic carbocycles. The van der Waals surface area contributed by atoms with E-state index in [4.69, 9.17) is 9.84 Å². The average molecular weight is 324 g/mol. The molecule has 0 bridgehead atoms. The highest BCUT2D eigenvalue weighted by atomic mass is 16.5. The normalized spacial score (nSPS) is 13.1. The lowest BCUT2D eigenvalue weighted by molar-refractivity contribution is -0.0985. The van der Waals surface area contributed by atoms with Gasteiger partial charge in [-0.25, -0.2) is 9.97 Å². The van der Waals surface area contributed by atoms with Crippen molar-refractivity contribution in [3.63, 3.8) is 0 Å². The van der Waals surface area contributed by atoms with E-state index in [1.807, 2.05) is 19.1 Å². The maximum Gasteiger partial charge on any atom is 0.177 e. The second-order valence-electron chi connectivity index (χ2n) is 6.48. The van der Waals surface area contributed by atoms with E-state index in [9.17, 15) is 5.21 Å². The summed E-state index contributed by atoms with van der Waals surface area (Å²) in [7, 11) is 3.24. The molecule has 2 aromatic rings. The number of ether oxygens (including phenoxy) is 1. The summed E-state index contributed by atoms with van der Waals surface area (Å²) in [5.74, 6) is 0.895. The molecule has 1 atom stereocenters. The number of hydrogen-bond donors (Lipinski definition) is 2. The molecule has 0 aliphatic heterocycles.